The Kier molecular flexibility index (Phi) is 8.15. The smallest absolute Gasteiger partial charge is 0.408 e. The molecule has 0 heterocycles. The highest BCUT2D eigenvalue weighted by Gasteiger charge is 2.34. The van der Waals surface area contributed by atoms with E-state index in [-0.39, 0.29) is 5.75 Å². The number of hydrogen-bond acceptors (Lipinski definition) is 5. The van der Waals surface area contributed by atoms with Crippen molar-refractivity contribution in [3.05, 3.63) is 35.9 Å². The maximum atomic E-state index is 12.5. The fourth-order valence-electron chi connectivity index (χ4n) is 2.00. The molecule has 0 aliphatic heterocycles. The van der Waals surface area contributed by atoms with Gasteiger partial charge in [0.2, 0.25) is 5.91 Å². The van der Waals surface area contributed by atoms with Gasteiger partial charge in [-0.2, -0.15) is 11.8 Å². The molecule has 0 radical (unpaired) electrons. The number of rotatable bonds is 8. The Morgan fingerprint density at radius 1 is 1.11 bits per heavy atom. The lowest BCUT2D eigenvalue weighted by atomic mass is 10.0. The first kappa shape index (κ1) is 22.8. The number of thioether (sulfide) groups is 1. The predicted octanol–water partition coefficient (Wildman–Crippen LogP) is 2.79. The molecule has 1 atom stereocenters. The van der Waals surface area contributed by atoms with Crippen molar-refractivity contribution < 1.29 is 24.2 Å². The second-order valence-electron chi connectivity index (χ2n) is 7.62. The number of aliphatic carboxylic acids is 1. The van der Waals surface area contributed by atoms with Crippen molar-refractivity contribution in [1.29, 1.82) is 0 Å². The Balaban J connectivity index is 2.60. The predicted molar refractivity (Wildman–Crippen MR) is 106 cm³/mol. The van der Waals surface area contributed by atoms with Crippen molar-refractivity contribution in [2.45, 2.75) is 57.6 Å². The first-order valence-corrected chi connectivity index (χ1v) is 9.73. The van der Waals surface area contributed by atoms with Crippen LogP contribution in [0.1, 0.15) is 40.2 Å². The lowest BCUT2D eigenvalue weighted by Crippen LogP contribution is -2.58. The number of carboxylic acids is 1. The quantitative estimate of drug-likeness (QED) is 0.624. The molecule has 1 rings (SSSR count). The van der Waals surface area contributed by atoms with Crippen LogP contribution in [-0.2, 0) is 20.1 Å². The van der Waals surface area contributed by atoms with Crippen LogP contribution in [0.25, 0.3) is 0 Å². The Morgan fingerprint density at radius 2 is 1.70 bits per heavy atom. The topological polar surface area (TPSA) is 105 Å². The van der Waals surface area contributed by atoms with E-state index in [1.54, 1.807) is 20.8 Å². The molecule has 0 spiro atoms. The lowest BCUT2D eigenvalue weighted by molar-refractivity contribution is -0.142. The summed E-state index contributed by atoms with van der Waals surface area (Å²) < 4.78 is 5.14. The van der Waals surface area contributed by atoms with Crippen LogP contribution in [0, 0.1) is 0 Å². The highest BCUT2D eigenvalue weighted by atomic mass is 32.2. The molecule has 0 aromatic heterocycles. The molecule has 8 heteroatoms. The average Bonchev–Trinajstić information content (AvgIpc) is 2.52. The van der Waals surface area contributed by atoms with Crippen molar-refractivity contribution in [2.24, 2.45) is 0 Å². The van der Waals surface area contributed by atoms with E-state index >= 15 is 0 Å². The third kappa shape index (κ3) is 8.81. The maximum Gasteiger partial charge on any atom is 0.408 e. The number of carboxylic acid groups (broad SMARTS) is 1. The minimum absolute atomic E-state index is 0.207. The number of benzene rings is 1. The van der Waals surface area contributed by atoms with Gasteiger partial charge in [0.1, 0.15) is 17.2 Å². The molecule has 7 nitrogen and oxygen atoms in total. The van der Waals surface area contributed by atoms with Crippen molar-refractivity contribution in [3.8, 4) is 0 Å². The standard InChI is InChI=1S/C19H28N2O5S/c1-18(2,3)26-17(25)21-19(4,5)16(24)20-14(15(22)23)12-27-11-13-9-7-6-8-10-13/h6-10,14H,11-12H2,1-5H3,(H,20,24)(H,21,25)(H,22,23)/t14-/m0/s1. The van der Waals surface area contributed by atoms with E-state index in [0.717, 1.165) is 5.56 Å². The second-order valence-corrected chi connectivity index (χ2v) is 8.65. The second kappa shape index (κ2) is 9.64. The van der Waals surface area contributed by atoms with Gasteiger partial charge in [-0.15, -0.1) is 0 Å². The van der Waals surface area contributed by atoms with Crippen LogP contribution in [0.15, 0.2) is 30.3 Å². The molecule has 1 aromatic carbocycles. The summed E-state index contributed by atoms with van der Waals surface area (Å²) in [5.41, 5.74) is -0.945. The van der Waals surface area contributed by atoms with Crippen LogP contribution in [0.3, 0.4) is 0 Å². The molecule has 27 heavy (non-hydrogen) atoms. The fourth-order valence-corrected chi connectivity index (χ4v) is 3.01. The van der Waals surface area contributed by atoms with Crippen molar-refractivity contribution in [3.63, 3.8) is 0 Å². The van der Waals surface area contributed by atoms with Crippen LogP contribution in [-0.4, -0.2) is 46.0 Å². The van der Waals surface area contributed by atoms with Gasteiger partial charge in [-0.1, -0.05) is 30.3 Å². The van der Waals surface area contributed by atoms with Gasteiger partial charge in [0.05, 0.1) is 0 Å². The summed E-state index contributed by atoms with van der Waals surface area (Å²) in [5.74, 6) is -0.878. The molecule has 0 aliphatic carbocycles. The molecule has 0 bridgehead atoms. The number of carbonyl (C=O) groups is 3. The number of amides is 2. The Morgan fingerprint density at radius 3 is 2.22 bits per heavy atom. The van der Waals surface area contributed by atoms with Crippen molar-refractivity contribution in [2.75, 3.05) is 5.75 Å². The molecule has 2 amide bonds. The van der Waals surface area contributed by atoms with Gasteiger partial charge in [0.15, 0.2) is 0 Å². The summed E-state index contributed by atoms with van der Waals surface area (Å²) in [5, 5.41) is 14.3. The van der Waals surface area contributed by atoms with E-state index in [1.807, 2.05) is 30.3 Å². The Bertz CT molecular complexity index is 656. The largest absolute Gasteiger partial charge is 0.480 e. The van der Waals surface area contributed by atoms with Gasteiger partial charge >= 0.3 is 12.1 Å². The van der Waals surface area contributed by atoms with E-state index < -0.39 is 35.2 Å². The van der Waals surface area contributed by atoms with Gasteiger partial charge in [-0.3, -0.25) is 4.79 Å². The summed E-state index contributed by atoms with van der Waals surface area (Å²) in [7, 11) is 0. The van der Waals surface area contributed by atoms with E-state index in [9.17, 15) is 19.5 Å². The highest BCUT2D eigenvalue weighted by molar-refractivity contribution is 7.98. The molecule has 1 aromatic rings. The van der Waals surface area contributed by atoms with Gasteiger partial charge in [0, 0.05) is 11.5 Å². The minimum Gasteiger partial charge on any atom is -0.480 e. The summed E-state index contributed by atoms with van der Waals surface area (Å²) in [6.07, 6.45) is -0.743. The van der Waals surface area contributed by atoms with Crippen LogP contribution < -0.4 is 10.6 Å². The number of alkyl carbamates (subject to hydrolysis) is 1. The number of ether oxygens (including phenoxy) is 1. The molecular formula is C19H28N2O5S. The monoisotopic (exact) mass is 396 g/mol. The number of nitrogens with one attached hydrogen (secondary N) is 2. The van der Waals surface area contributed by atoms with E-state index in [1.165, 1.54) is 25.6 Å². The zero-order chi connectivity index (χ0) is 20.7. The zero-order valence-corrected chi connectivity index (χ0v) is 17.2. The van der Waals surface area contributed by atoms with Crippen molar-refractivity contribution in [1.82, 2.24) is 10.6 Å². The molecule has 0 saturated carbocycles. The first-order chi connectivity index (χ1) is 12.4. The highest BCUT2D eigenvalue weighted by Crippen LogP contribution is 2.14. The Hall–Kier alpha value is -2.22. The lowest BCUT2D eigenvalue weighted by Gasteiger charge is -2.28. The van der Waals surface area contributed by atoms with Crippen LogP contribution in [0.5, 0.6) is 0 Å². The third-order valence-corrected chi connectivity index (χ3v) is 4.49. The molecule has 0 unspecified atom stereocenters. The first-order valence-electron chi connectivity index (χ1n) is 8.57. The summed E-state index contributed by atoms with van der Waals surface area (Å²) >= 11 is 1.41. The molecule has 3 N–H and O–H groups in total. The van der Waals surface area contributed by atoms with Crippen LogP contribution >= 0.6 is 11.8 Å². The Labute approximate surface area is 164 Å². The summed E-state index contributed by atoms with van der Waals surface area (Å²) in [6, 6.07) is 8.58. The maximum absolute atomic E-state index is 12.5. The van der Waals surface area contributed by atoms with Crippen LogP contribution in [0.4, 0.5) is 4.79 Å². The number of hydrogen-bond donors (Lipinski definition) is 3. The van der Waals surface area contributed by atoms with Gasteiger partial charge < -0.3 is 20.5 Å². The fraction of sp³-hybridized carbons (Fsp3) is 0.526. The van der Waals surface area contributed by atoms with Gasteiger partial charge in [-0.25, -0.2) is 9.59 Å². The molecule has 0 fully saturated rings. The SMILES string of the molecule is CC(C)(C)OC(=O)NC(C)(C)C(=O)N[C@@H](CSCc1ccccc1)C(=O)O. The molecule has 0 aliphatic rings. The molecular weight excluding hydrogens is 368 g/mol. The van der Waals surface area contributed by atoms with Crippen molar-refractivity contribution >= 4 is 29.7 Å². The number of carbonyl (C=O) groups excluding carboxylic acids is 2. The summed E-state index contributed by atoms with van der Waals surface area (Å²) in [6.45, 7) is 8.11. The van der Waals surface area contributed by atoms with E-state index in [2.05, 4.69) is 10.6 Å². The van der Waals surface area contributed by atoms with Crippen LogP contribution in [0.2, 0.25) is 0 Å². The zero-order valence-electron chi connectivity index (χ0n) is 16.4. The summed E-state index contributed by atoms with van der Waals surface area (Å²) in [4.78, 5) is 35.8. The normalized spacial score (nSPS) is 12.8. The molecule has 0 saturated heterocycles. The third-order valence-electron chi connectivity index (χ3n) is 3.38. The average molecular weight is 397 g/mol. The van der Waals surface area contributed by atoms with Gasteiger partial charge in [0.25, 0.3) is 0 Å². The minimum atomic E-state index is -1.32. The van der Waals surface area contributed by atoms with E-state index in [0.29, 0.717) is 5.75 Å². The van der Waals surface area contributed by atoms with Gasteiger partial charge in [-0.05, 0) is 40.2 Å². The van der Waals surface area contributed by atoms with E-state index in [4.69, 9.17) is 4.74 Å². The molecule has 150 valence electrons.